The molecule has 1 aromatic rings. The van der Waals surface area contributed by atoms with Crippen molar-refractivity contribution in [3.8, 4) is 5.75 Å². The third-order valence-electron chi connectivity index (χ3n) is 4.48. The standard InChI is InChI=1S/C17H21N3O6/c1-2-14-17(22)19(10-16(21)18-9-12-4-3-7-25-12)13-8-11(20(23)24)5-6-15(13)26-14/h5-6,8,12,14H,2-4,7,9-10H2,1H3,(H,18,21). The number of fused-ring (bicyclic) bond motifs is 1. The summed E-state index contributed by atoms with van der Waals surface area (Å²) in [5.41, 5.74) is 0.0704. The quantitative estimate of drug-likeness (QED) is 0.604. The molecule has 9 nitrogen and oxygen atoms in total. The van der Waals surface area contributed by atoms with Crippen LogP contribution in [0.5, 0.6) is 5.75 Å². The molecule has 0 spiro atoms. The molecular formula is C17H21N3O6. The summed E-state index contributed by atoms with van der Waals surface area (Å²) in [6.45, 7) is 2.66. The van der Waals surface area contributed by atoms with E-state index < -0.39 is 11.0 Å². The Bertz CT molecular complexity index is 716. The molecule has 0 radical (unpaired) electrons. The number of nitrogens with zero attached hydrogens (tertiary/aromatic N) is 2. The van der Waals surface area contributed by atoms with Gasteiger partial charge in [0.05, 0.1) is 16.7 Å². The van der Waals surface area contributed by atoms with Crippen molar-refractivity contribution in [1.29, 1.82) is 0 Å². The van der Waals surface area contributed by atoms with Gasteiger partial charge in [-0.1, -0.05) is 6.92 Å². The van der Waals surface area contributed by atoms with E-state index in [1.807, 2.05) is 0 Å². The van der Waals surface area contributed by atoms with E-state index in [9.17, 15) is 19.7 Å². The minimum absolute atomic E-state index is 0.00361. The van der Waals surface area contributed by atoms with Crippen LogP contribution >= 0.6 is 0 Å². The van der Waals surface area contributed by atoms with Gasteiger partial charge in [0.15, 0.2) is 6.10 Å². The van der Waals surface area contributed by atoms with Crippen molar-refractivity contribution in [3.63, 3.8) is 0 Å². The van der Waals surface area contributed by atoms with Crippen LogP contribution in [0.3, 0.4) is 0 Å². The van der Waals surface area contributed by atoms with Gasteiger partial charge in [0, 0.05) is 25.3 Å². The number of benzene rings is 1. The highest BCUT2D eigenvalue weighted by Gasteiger charge is 2.35. The van der Waals surface area contributed by atoms with Gasteiger partial charge < -0.3 is 14.8 Å². The van der Waals surface area contributed by atoms with Crippen molar-refractivity contribution >= 4 is 23.2 Å². The molecule has 0 aliphatic carbocycles. The molecule has 1 aromatic carbocycles. The first kappa shape index (κ1) is 18.1. The van der Waals surface area contributed by atoms with Crippen molar-refractivity contribution in [2.75, 3.05) is 24.6 Å². The van der Waals surface area contributed by atoms with E-state index in [1.165, 1.54) is 23.1 Å². The highest BCUT2D eigenvalue weighted by Crippen LogP contribution is 2.37. The SMILES string of the molecule is CCC1Oc2ccc([N+](=O)[O-])cc2N(CC(=O)NCC2CCCO2)C1=O. The molecule has 0 aromatic heterocycles. The zero-order valence-electron chi connectivity index (χ0n) is 14.5. The largest absolute Gasteiger partial charge is 0.478 e. The van der Waals surface area contributed by atoms with Crippen molar-refractivity contribution in [2.24, 2.45) is 0 Å². The Labute approximate surface area is 150 Å². The lowest BCUT2D eigenvalue weighted by molar-refractivity contribution is -0.384. The van der Waals surface area contributed by atoms with Gasteiger partial charge in [-0.15, -0.1) is 0 Å². The van der Waals surface area contributed by atoms with E-state index in [0.29, 0.717) is 25.3 Å². The Hall–Kier alpha value is -2.68. The van der Waals surface area contributed by atoms with E-state index in [-0.39, 0.29) is 35.8 Å². The van der Waals surface area contributed by atoms with Crippen LogP contribution in [-0.4, -0.2) is 48.6 Å². The van der Waals surface area contributed by atoms with E-state index in [4.69, 9.17) is 9.47 Å². The summed E-state index contributed by atoms with van der Waals surface area (Å²) in [6, 6.07) is 4.03. The van der Waals surface area contributed by atoms with Gasteiger partial charge >= 0.3 is 0 Å². The van der Waals surface area contributed by atoms with Crippen molar-refractivity contribution in [2.45, 2.75) is 38.4 Å². The second-order valence-corrected chi connectivity index (χ2v) is 6.29. The Balaban J connectivity index is 1.77. The maximum absolute atomic E-state index is 12.6. The van der Waals surface area contributed by atoms with Gasteiger partial charge in [-0.05, 0) is 25.3 Å². The molecule has 1 saturated heterocycles. The van der Waals surface area contributed by atoms with Crippen LogP contribution < -0.4 is 15.0 Å². The number of nitro benzene ring substituents is 1. The van der Waals surface area contributed by atoms with Gasteiger partial charge in [0.2, 0.25) is 5.91 Å². The van der Waals surface area contributed by atoms with Gasteiger partial charge in [-0.3, -0.25) is 24.6 Å². The van der Waals surface area contributed by atoms with E-state index in [2.05, 4.69) is 5.32 Å². The molecule has 2 heterocycles. The van der Waals surface area contributed by atoms with Crippen molar-refractivity contribution in [1.82, 2.24) is 5.32 Å². The Morgan fingerprint density at radius 3 is 2.92 bits per heavy atom. The van der Waals surface area contributed by atoms with E-state index in [0.717, 1.165) is 12.8 Å². The Kier molecular flexibility index (Phi) is 5.36. The summed E-state index contributed by atoms with van der Waals surface area (Å²) >= 11 is 0. The lowest BCUT2D eigenvalue weighted by Gasteiger charge is -2.33. The number of nitro groups is 1. The van der Waals surface area contributed by atoms with Crippen LogP contribution in [0, 0.1) is 10.1 Å². The zero-order valence-corrected chi connectivity index (χ0v) is 14.5. The van der Waals surface area contributed by atoms with Crippen LogP contribution in [0.15, 0.2) is 18.2 Å². The molecule has 1 fully saturated rings. The van der Waals surface area contributed by atoms with Crippen LogP contribution in [0.1, 0.15) is 26.2 Å². The summed E-state index contributed by atoms with van der Waals surface area (Å²) in [4.78, 5) is 36.7. The summed E-state index contributed by atoms with van der Waals surface area (Å²) in [7, 11) is 0. The fourth-order valence-electron chi connectivity index (χ4n) is 3.08. The van der Waals surface area contributed by atoms with Crippen LogP contribution in [-0.2, 0) is 14.3 Å². The molecule has 2 atom stereocenters. The minimum atomic E-state index is -0.713. The second-order valence-electron chi connectivity index (χ2n) is 6.29. The third kappa shape index (κ3) is 3.77. The fourth-order valence-corrected chi connectivity index (χ4v) is 3.08. The van der Waals surface area contributed by atoms with Crippen LogP contribution in [0.2, 0.25) is 0 Å². The number of hydrogen-bond acceptors (Lipinski definition) is 6. The zero-order chi connectivity index (χ0) is 18.7. The first-order valence-corrected chi connectivity index (χ1v) is 8.64. The summed E-state index contributed by atoms with van der Waals surface area (Å²) in [5.74, 6) is -0.371. The predicted octanol–water partition coefficient (Wildman–Crippen LogP) is 1.39. The lowest BCUT2D eigenvalue weighted by Crippen LogP contribution is -2.50. The molecule has 26 heavy (non-hydrogen) atoms. The number of nitrogens with one attached hydrogen (secondary N) is 1. The molecule has 2 unspecified atom stereocenters. The van der Waals surface area contributed by atoms with Crippen LogP contribution in [0.4, 0.5) is 11.4 Å². The van der Waals surface area contributed by atoms with E-state index >= 15 is 0 Å². The third-order valence-corrected chi connectivity index (χ3v) is 4.48. The van der Waals surface area contributed by atoms with Gasteiger partial charge in [-0.25, -0.2) is 0 Å². The molecule has 2 amide bonds. The Morgan fingerprint density at radius 2 is 2.27 bits per heavy atom. The fraction of sp³-hybridized carbons (Fsp3) is 0.529. The first-order valence-electron chi connectivity index (χ1n) is 8.64. The molecule has 1 N–H and O–H groups in total. The summed E-state index contributed by atoms with van der Waals surface area (Å²) in [6.07, 6.45) is 1.58. The Morgan fingerprint density at radius 1 is 1.46 bits per heavy atom. The molecule has 9 heteroatoms. The van der Waals surface area contributed by atoms with Gasteiger partial charge in [0.25, 0.3) is 11.6 Å². The molecular weight excluding hydrogens is 342 g/mol. The average Bonchev–Trinajstić information content (AvgIpc) is 3.15. The number of non-ortho nitro benzene ring substituents is 1. The van der Waals surface area contributed by atoms with Crippen LogP contribution in [0.25, 0.3) is 0 Å². The molecule has 2 aliphatic heterocycles. The highest BCUT2D eigenvalue weighted by molar-refractivity contribution is 6.04. The molecule has 140 valence electrons. The van der Waals surface area contributed by atoms with Crippen molar-refractivity contribution < 1.29 is 24.0 Å². The second kappa shape index (κ2) is 7.69. The van der Waals surface area contributed by atoms with Gasteiger partial charge in [-0.2, -0.15) is 0 Å². The van der Waals surface area contributed by atoms with E-state index in [1.54, 1.807) is 6.92 Å². The maximum atomic E-state index is 12.6. The number of anilines is 1. The molecule has 2 aliphatic rings. The van der Waals surface area contributed by atoms with Gasteiger partial charge in [0.1, 0.15) is 12.3 Å². The number of amides is 2. The number of carbonyl (C=O) groups excluding carboxylic acids is 2. The highest BCUT2D eigenvalue weighted by atomic mass is 16.6. The molecule has 0 saturated carbocycles. The monoisotopic (exact) mass is 363 g/mol. The molecule has 3 rings (SSSR count). The number of hydrogen-bond donors (Lipinski definition) is 1. The minimum Gasteiger partial charge on any atom is -0.478 e. The maximum Gasteiger partial charge on any atom is 0.271 e. The molecule has 0 bridgehead atoms. The van der Waals surface area contributed by atoms with Crippen molar-refractivity contribution in [3.05, 3.63) is 28.3 Å². The summed E-state index contributed by atoms with van der Waals surface area (Å²) < 4.78 is 11.1. The first-order chi connectivity index (χ1) is 12.5. The number of ether oxygens (including phenoxy) is 2. The normalized spacial score (nSPS) is 21.9. The smallest absolute Gasteiger partial charge is 0.271 e. The number of carbonyl (C=O) groups is 2. The topological polar surface area (TPSA) is 111 Å². The number of rotatable bonds is 6. The average molecular weight is 363 g/mol. The predicted molar refractivity (Wildman–Crippen MR) is 92.1 cm³/mol. The lowest BCUT2D eigenvalue weighted by atomic mass is 10.1. The summed E-state index contributed by atoms with van der Waals surface area (Å²) in [5, 5.41) is 13.8.